The van der Waals surface area contributed by atoms with Gasteiger partial charge >= 0.3 is 0 Å². The van der Waals surface area contributed by atoms with Gasteiger partial charge in [0.25, 0.3) is 0 Å². The third kappa shape index (κ3) is 3.75. The van der Waals surface area contributed by atoms with Crippen molar-refractivity contribution >= 4 is 0 Å². The molecule has 3 rings (SSSR count). The number of ether oxygens (including phenoxy) is 2. The van der Waals surface area contributed by atoms with Gasteiger partial charge in [-0.3, -0.25) is 0 Å². The SMILES string of the molecule is CCOc1ccc(C2(c3ccc(OC)cc3)CC(C)CC(C)(C)C2)cc1. The molecule has 26 heavy (non-hydrogen) atoms. The summed E-state index contributed by atoms with van der Waals surface area (Å²) in [6.07, 6.45) is 3.61. The third-order valence-electron chi connectivity index (χ3n) is 5.74. The van der Waals surface area contributed by atoms with Crippen LogP contribution in [0.2, 0.25) is 0 Å². The predicted molar refractivity (Wildman–Crippen MR) is 108 cm³/mol. The molecule has 0 N–H and O–H groups in total. The zero-order chi connectivity index (χ0) is 18.8. The van der Waals surface area contributed by atoms with Gasteiger partial charge in [-0.25, -0.2) is 0 Å². The van der Waals surface area contributed by atoms with Crippen LogP contribution >= 0.6 is 0 Å². The van der Waals surface area contributed by atoms with E-state index in [1.165, 1.54) is 24.0 Å². The molecule has 1 aliphatic rings. The molecule has 1 saturated carbocycles. The Balaban J connectivity index is 2.08. The minimum absolute atomic E-state index is 0.0399. The number of rotatable bonds is 5. The van der Waals surface area contributed by atoms with Crippen LogP contribution < -0.4 is 9.47 Å². The van der Waals surface area contributed by atoms with Gasteiger partial charge in [-0.1, -0.05) is 45.0 Å². The zero-order valence-corrected chi connectivity index (χ0v) is 16.8. The minimum Gasteiger partial charge on any atom is -0.497 e. The fourth-order valence-corrected chi connectivity index (χ4v) is 5.13. The van der Waals surface area contributed by atoms with E-state index in [-0.39, 0.29) is 5.41 Å². The molecule has 0 aliphatic heterocycles. The average Bonchev–Trinajstić information content (AvgIpc) is 2.61. The Morgan fingerprint density at radius 2 is 1.42 bits per heavy atom. The van der Waals surface area contributed by atoms with Crippen molar-refractivity contribution in [2.45, 2.75) is 52.4 Å². The first-order valence-corrected chi connectivity index (χ1v) is 9.76. The van der Waals surface area contributed by atoms with Gasteiger partial charge < -0.3 is 9.47 Å². The number of hydrogen-bond donors (Lipinski definition) is 0. The monoisotopic (exact) mass is 352 g/mol. The molecule has 0 amide bonds. The summed E-state index contributed by atoms with van der Waals surface area (Å²) in [5, 5.41) is 0. The van der Waals surface area contributed by atoms with Crippen LogP contribution in [0.25, 0.3) is 0 Å². The van der Waals surface area contributed by atoms with E-state index in [1.54, 1.807) is 7.11 Å². The van der Waals surface area contributed by atoms with Crippen LogP contribution in [-0.2, 0) is 5.41 Å². The van der Waals surface area contributed by atoms with Gasteiger partial charge in [-0.2, -0.15) is 0 Å². The Hall–Kier alpha value is -1.96. The molecule has 2 nitrogen and oxygen atoms in total. The summed E-state index contributed by atoms with van der Waals surface area (Å²) in [5.41, 5.74) is 3.14. The zero-order valence-electron chi connectivity index (χ0n) is 16.8. The minimum atomic E-state index is 0.0399. The molecule has 0 aromatic heterocycles. The lowest BCUT2D eigenvalue weighted by atomic mass is 9.55. The first-order chi connectivity index (χ1) is 12.4. The molecule has 0 heterocycles. The van der Waals surface area contributed by atoms with Crippen LogP contribution in [0.15, 0.2) is 48.5 Å². The van der Waals surface area contributed by atoms with Gasteiger partial charge in [0, 0.05) is 5.41 Å². The topological polar surface area (TPSA) is 18.5 Å². The van der Waals surface area contributed by atoms with E-state index in [2.05, 4.69) is 69.3 Å². The maximum absolute atomic E-state index is 5.66. The maximum atomic E-state index is 5.66. The van der Waals surface area contributed by atoms with Gasteiger partial charge in [-0.05, 0) is 72.9 Å². The Morgan fingerprint density at radius 1 is 0.885 bits per heavy atom. The van der Waals surface area contributed by atoms with Crippen molar-refractivity contribution in [2.75, 3.05) is 13.7 Å². The van der Waals surface area contributed by atoms with E-state index in [0.717, 1.165) is 17.9 Å². The summed E-state index contributed by atoms with van der Waals surface area (Å²) in [6, 6.07) is 17.5. The molecule has 1 aliphatic carbocycles. The van der Waals surface area contributed by atoms with Crippen LogP contribution in [0, 0.1) is 11.3 Å². The van der Waals surface area contributed by atoms with Crippen molar-refractivity contribution in [1.82, 2.24) is 0 Å². The summed E-state index contributed by atoms with van der Waals surface area (Å²) in [5.74, 6) is 2.55. The highest BCUT2D eigenvalue weighted by atomic mass is 16.5. The van der Waals surface area contributed by atoms with Crippen molar-refractivity contribution in [3.63, 3.8) is 0 Å². The average molecular weight is 353 g/mol. The van der Waals surface area contributed by atoms with Gasteiger partial charge in [0.05, 0.1) is 13.7 Å². The molecule has 140 valence electrons. The molecule has 0 saturated heterocycles. The molecule has 0 spiro atoms. The van der Waals surface area contributed by atoms with E-state index in [1.807, 2.05) is 6.92 Å². The first kappa shape index (κ1) is 18.8. The van der Waals surface area contributed by atoms with Crippen LogP contribution in [-0.4, -0.2) is 13.7 Å². The highest BCUT2D eigenvalue weighted by molar-refractivity contribution is 5.44. The van der Waals surface area contributed by atoms with Gasteiger partial charge in [0.2, 0.25) is 0 Å². The normalized spacial score (nSPS) is 24.9. The lowest BCUT2D eigenvalue weighted by molar-refractivity contribution is 0.127. The van der Waals surface area contributed by atoms with E-state index in [0.29, 0.717) is 17.9 Å². The smallest absolute Gasteiger partial charge is 0.119 e. The Morgan fingerprint density at radius 3 is 1.88 bits per heavy atom. The summed E-state index contributed by atoms with van der Waals surface area (Å²) in [4.78, 5) is 0. The molecule has 1 fully saturated rings. The van der Waals surface area contributed by atoms with Crippen molar-refractivity contribution < 1.29 is 9.47 Å². The lowest BCUT2D eigenvalue weighted by Gasteiger charge is -2.48. The summed E-state index contributed by atoms with van der Waals surface area (Å²) < 4.78 is 11.0. The van der Waals surface area contributed by atoms with Crippen LogP contribution in [0.1, 0.15) is 58.1 Å². The fourth-order valence-electron chi connectivity index (χ4n) is 5.13. The first-order valence-electron chi connectivity index (χ1n) is 9.76. The predicted octanol–water partition coefficient (Wildman–Crippen LogP) is 6.23. The Bertz CT molecular complexity index is 715. The molecule has 2 heteroatoms. The van der Waals surface area contributed by atoms with Crippen LogP contribution in [0.3, 0.4) is 0 Å². The molecule has 2 unspecified atom stereocenters. The second-order valence-corrected chi connectivity index (χ2v) is 8.62. The van der Waals surface area contributed by atoms with Gasteiger partial charge in [0.1, 0.15) is 11.5 Å². The largest absolute Gasteiger partial charge is 0.497 e. The van der Waals surface area contributed by atoms with Crippen LogP contribution in [0.5, 0.6) is 11.5 Å². The molecule has 2 atom stereocenters. The summed E-state index contributed by atoms with van der Waals surface area (Å²) in [6.45, 7) is 9.95. The number of methoxy groups -OCH3 is 1. The van der Waals surface area contributed by atoms with Crippen molar-refractivity contribution in [2.24, 2.45) is 11.3 Å². The quantitative estimate of drug-likeness (QED) is 0.635. The van der Waals surface area contributed by atoms with E-state index < -0.39 is 0 Å². The standard InChI is InChI=1S/C24H32O2/c1-6-26-22-13-9-20(10-14-22)24(16-18(2)15-23(3,4)17-24)19-7-11-21(25-5)12-8-19/h7-14,18H,6,15-17H2,1-5H3. The van der Waals surface area contributed by atoms with Crippen molar-refractivity contribution in [1.29, 1.82) is 0 Å². The lowest BCUT2D eigenvalue weighted by Crippen LogP contribution is -2.41. The fraction of sp³-hybridized carbons (Fsp3) is 0.500. The Kier molecular flexibility index (Phi) is 5.32. The molecule has 0 radical (unpaired) electrons. The maximum Gasteiger partial charge on any atom is 0.119 e. The van der Waals surface area contributed by atoms with Crippen molar-refractivity contribution in [3.05, 3.63) is 59.7 Å². The number of benzene rings is 2. The molecular weight excluding hydrogens is 320 g/mol. The summed E-state index contributed by atoms with van der Waals surface area (Å²) in [7, 11) is 1.73. The van der Waals surface area contributed by atoms with Gasteiger partial charge in [0.15, 0.2) is 0 Å². The molecular formula is C24H32O2. The van der Waals surface area contributed by atoms with E-state index in [9.17, 15) is 0 Å². The van der Waals surface area contributed by atoms with E-state index in [4.69, 9.17) is 9.47 Å². The second kappa shape index (κ2) is 7.34. The number of hydrogen-bond acceptors (Lipinski definition) is 2. The second-order valence-electron chi connectivity index (χ2n) is 8.62. The van der Waals surface area contributed by atoms with E-state index >= 15 is 0 Å². The van der Waals surface area contributed by atoms with Gasteiger partial charge in [-0.15, -0.1) is 0 Å². The molecule has 2 aromatic rings. The third-order valence-corrected chi connectivity index (χ3v) is 5.74. The summed E-state index contributed by atoms with van der Waals surface area (Å²) >= 11 is 0. The highest BCUT2D eigenvalue weighted by Gasteiger charge is 2.45. The molecule has 0 bridgehead atoms. The van der Waals surface area contributed by atoms with Crippen LogP contribution in [0.4, 0.5) is 0 Å². The van der Waals surface area contributed by atoms with Crippen molar-refractivity contribution in [3.8, 4) is 11.5 Å². The highest BCUT2D eigenvalue weighted by Crippen LogP contribution is 2.53. The Labute approximate surface area is 158 Å². The molecule has 2 aromatic carbocycles.